The van der Waals surface area contributed by atoms with Gasteiger partial charge in [0.15, 0.2) is 0 Å². The number of nitro benzene ring substituents is 1. The molecule has 6 nitrogen and oxygen atoms in total. The van der Waals surface area contributed by atoms with Crippen molar-refractivity contribution >= 4 is 16.7 Å². The van der Waals surface area contributed by atoms with Crippen molar-refractivity contribution in [2.45, 2.75) is 19.8 Å². The zero-order valence-electron chi connectivity index (χ0n) is 12.2. The number of nitrogens with one attached hydrogen (secondary N) is 1. The Balaban J connectivity index is 2.26. The van der Waals surface area contributed by atoms with Gasteiger partial charge in [0.2, 0.25) is 5.75 Å². The Hall–Kier alpha value is -2.89. The average molecular weight is 297 g/mol. The number of fused-ring (bicyclic) bond motifs is 1. The Morgan fingerprint density at radius 2 is 2.00 bits per heavy atom. The first-order valence-electron chi connectivity index (χ1n) is 6.94. The molecule has 0 saturated heterocycles. The minimum absolute atomic E-state index is 0.0995. The summed E-state index contributed by atoms with van der Waals surface area (Å²) in [5.74, 6) is 0.153. The van der Waals surface area contributed by atoms with E-state index in [0.29, 0.717) is 11.4 Å². The molecule has 6 heteroatoms. The van der Waals surface area contributed by atoms with Crippen LogP contribution >= 0.6 is 0 Å². The maximum absolute atomic E-state index is 11.2. The van der Waals surface area contributed by atoms with Crippen LogP contribution in [0.5, 0.6) is 5.75 Å². The predicted molar refractivity (Wildman–Crippen MR) is 83.9 cm³/mol. The minimum Gasteiger partial charge on any atom is -0.502 e. The molecule has 0 bridgehead atoms. The van der Waals surface area contributed by atoms with Crippen LogP contribution in [0.1, 0.15) is 25.3 Å². The molecule has 3 aromatic rings. The largest absolute Gasteiger partial charge is 0.502 e. The van der Waals surface area contributed by atoms with Crippen LogP contribution in [0.25, 0.3) is 22.4 Å². The molecule has 0 fully saturated rings. The van der Waals surface area contributed by atoms with Crippen molar-refractivity contribution in [3.8, 4) is 17.1 Å². The summed E-state index contributed by atoms with van der Waals surface area (Å²) in [4.78, 5) is 18.1. The Morgan fingerprint density at radius 3 is 2.64 bits per heavy atom. The lowest BCUT2D eigenvalue weighted by molar-refractivity contribution is -0.385. The molecule has 112 valence electrons. The summed E-state index contributed by atoms with van der Waals surface area (Å²) in [6, 6.07) is 10.6. The molecular formula is C16H15N3O3. The molecule has 22 heavy (non-hydrogen) atoms. The number of aromatic nitrogens is 2. The molecular weight excluding hydrogens is 282 g/mol. The van der Waals surface area contributed by atoms with Crippen molar-refractivity contribution in [1.82, 2.24) is 9.97 Å². The van der Waals surface area contributed by atoms with Gasteiger partial charge in [-0.15, -0.1) is 0 Å². The molecule has 0 aliphatic carbocycles. The molecule has 0 spiro atoms. The normalized spacial score (nSPS) is 11.2. The summed E-state index contributed by atoms with van der Waals surface area (Å²) in [5.41, 5.74) is 2.37. The summed E-state index contributed by atoms with van der Waals surface area (Å²) >= 11 is 0. The number of hydrogen-bond acceptors (Lipinski definition) is 4. The van der Waals surface area contributed by atoms with Crippen molar-refractivity contribution < 1.29 is 10.0 Å². The summed E-state index contributed by atoms with van der Waals surface area (Å²) in [6.45, 7) is 3.89. The van der Waals surface area contributed by atoms with E-state index in [2.05, 4.69) is 9.97 Å². The van der Waals surface area contributed by atoms with Crippen molar-refractivity contribution in [3.05, 3.63) is 52.1 Å². The van der Waals surface area contributed by atoms with Crippen LogP contribution in [-0.2, 0) is 0 Å². The van der Waals surface area contributed by atoms with Gasteiger partial charge in [0.25, 0.3) is 0 Å². The van der Waals surface area contributed by atoms with Crippen LogP contribution in [0.4, 0.5) is 5.69 Å². The van der Waals surface area contributed by atoms with E-state index >= 15 is 0 Å². The molecule has 0 aliphatic heterocycles. The Bertz CT molecular complexity index is 835. The monoisotopic (exact) mass is 297 g/mol. The van der Waals surface area contributed by atoms with Crippen molar-refractivity contribution in [2.75, 3.05) is 0 Å². The average Bonchev–Trinajstić information content (AvgIpc) is 2.90. The number of para-hydroxylation sites is 2. The van der Waals surface area contributed by atoms with Crippen LogP contribution in [0.15, 0.2) is 36.4 Å². The van der Waals surface area contributed by atoms with Crippen molar-refractivity contribution in [3.63, 3.8) is 0 Å². The quantitative estimate of drug-likeness (QED) is 0.565. The summed E-state index contributed by atoms with van der Waals surface area (Å²) in [6.07, 6.45) is 0. The lowest BCUT2D eigenvalue weighted by Gasteiger charge is -2.09. The highest BCUT2D eigenvalue weighted by atomic mass is 16.6. The van der Waals surface area contributed by atoms with E-state index in [1.807, 2.05) is 38.1 Å². The lowest BCUT2D eigenvalue weighted by atomic mass is 9.98. The number of hydrogen-bond donors (Lipinski definition) is 2. The van der Waals surface area contributed by atoms with E-state index in [1.165, 1.54) is 6.07 Å². The number of phenols is 1. The van der Waals surface area contributed by atoms with Crippen LogP contribution in [0, 0.1) is 10.1 Å². The third-order valence-electron chi connectivity index (χ3n) is 3.62. The summed E-state index contributed by atoms with van der Waals surface area (Å²) < 4.78 is 0. The van der Waals surface area contributed by atoms with Crippen LogP contribution in [0.3, 0.4) is 0 Å². The number of aromatic amines is 1. The second-order valence-corrected chi connectivity index (χ2v) is 5.45. The van der Waals surface area contributed by atoms with Crippen LogP contribution < -0.4 is 0 Å². The van der Waals surface area contributed by atoms with Gasteiger partial charge in [0.1, 0.15) is 5.82 Å². The zero-order chi connectivity index (χ0) is 15.9. The Labute approximate surface area is 126 Å². The first-order valence-corrected chi connectivity index (χ1v) is 6.94. The first-order chi connectivity index (χ1) is 10.5. The number of imidazole rings is 1. The van der Waals surface area contributed by atoms with Gasteiger partial charge in [-0.1, -0.05) is 26.0 Å². The first kappa shape index (κ1) is 14.1. The number of aromatic hydroxyl groups is 1. The molecule has 1 heterocycles. The summed E-state index contributed by atoms with van der Waals surface area (Å²) in [7, 11) is 0. The maximum Gasteiger partial charge on any atom is 0.311 e. The number of nitrogens with zero attached hydrogens (tertiary/aromatic N) is 2. The second-order valence-electron chi connectivity index (χ2n) is 5.45. The topological polar surface area (TPSA) is 92.0 Å². The van der Waals surface area contributed by atoms with Crippen molar-refractivity contribution in [2.24, 2.45) is 0 Å². The number of nitro groups is 1. The van der Waals surface area contributed by atoms with Gasteiger partial charge in [-0.05, 0) is 29.7 Å². The number of H-pyrrole nitrogens is 1. The Kier molecular flexibility index (Phi) is 3.29. The minimum atomic E-state index is -0.576. The van der Waals surface area contributed by atoms with E-state index in [-0.39, 0.29) is 17.4 Å². The van der Waals surface area contributed by atoms with E-state index in [9.17, 15) is 15.2 Å². The van der Waals surface area contributed by atoms with Gasteiger partial charge in [-0.3, -0.25) is 10.1 Å². The third kappa shape index (κ3) is 2.28. The molecule has 0 saturated carbocycles. The predicted octanol–water partition coefficient (Wildman–Crippen LogP) is 3.97. The third-order valence-corrected chi connectivity index (χ3v) is 3.62. The molecule has 3 rings (SSSR count). The van der Waals surface area contributed by atoms with Gasteiger partial charge in [0, 0.05) is 6.07 Å². The molecule has 0 amide bonds. The Morgan fingerprint density at radius 1 is 1.27 bits per heavy atom. The fourth-order valence-corrected chi connectivity index (χ4v) is 2.37. The highest BCUT2D eigenvalue weighted by molar-refractivity contribution is 5.82. The van der Waals surface area contributed by atoms with Gasteiger partial charge >= 0.3 is 5.69 Å². The fourth-order valence-electron chi connectivity index (χ4n) is 2.37. The summed E-state index contributed by atoms with van der Waals surface area (Å²) in [5, 5.41) is 21.4. The molecule has 2 N–H and O–H groups in total. The van der Waals surface area contributed by atoms with Crippen molar-refractivity contribution in [1.29, 1.82) is 0 Å². The molecule has 0 atom stereocenters. The van der Waals surface area contributed by atoms with E-state index in [4.69, 9.17) is 0 Å². The van der Waals surface area contributed by atoms with Gasteiger partial charge in [-0.25, -0.2) is 4.98 Å². The van der Waals surface area contributed by atoms with E-state index < -0.39 is 4.92 Å². The number of rotatable bonds is 3. The van der Waals surface area contributed by atoms with Crippen LogP contribution in [0.2, 0.25) is 0 Å². The molecule has 0 unspecified atom stereocenters. The van der Waals surface area contributed by atoms with Gasteiger partial charge in [-0.2, -0.15) is 0 Å². The fraction of sp³-hybridized carbons (Fsp3) is 0.188. The molecule has 2 aromatic carbocycles. The smallest absolute Gasteiger partial charge is 0.311 e. The molecule has 0 radical (unpaired) electrons. The SMILES string of the molecule is CC(C)c1cc(-c2nc3ccccc3[nH]2)c(O)c([N+](=O)[O-])c1. The van der Waals surface area contributed by atoms with Gasteiger partial charge in [0.05, 0.1) is 21.5 Å². The lowest BCUT2D eigenvalue weighted by Crippen LogP contribution is -1.96. The van der Waals surface area contributed by atoms with E-state index in [1.54, 1.807) is 6.07 Å². The molecule has 1 aromatic heterocycles. The second kappa shape index (κ2) is 5.14. The standard InChI is InChI=1S/C16H15N3O3/c1-9(2)10-7-11(15(20)14(8-10)19(21)22)16-17-12-5-3-4-6-13(12)18-16/h3-9,20H,1-2H3,(H,17,18). The maximum atomic E-state index is 11.2. The molecule has 0 aliphatic rings. The highest BCUT2D eigenvalue weighted by Gasteiger charge is 2.22. The van der Waals surface area contributed by atoms with Crippen LogP contribution in [-0.4, -0.2) is 20.0 Å². The van der Waals surface area contributed by atoms with E-state index in [0.717, 1.165) is 16.6 Å². The van der Waals surface area contributed by atoms with Gasteiger partial charge < -0.3 is 10.1 Å². The number of phenolic OH excluding ortho intramolecular Hbond substituents is 1. The highest BCUT2D eigenvalue weighted by Crippen LogP contribution is 2.39. The number of benzene rings is 2. The zero-order valence-corrected chi connectivity index (χ0v) is 12.2.